The van der Waals surface area contributed by atoms with E-state index in [0.717, 1.165) is 28.1 Å². The lowest BCUT2D eigenvalue weighted by Gasteiger charge is -2.12. The smallest absolute Gasteiger partial charge is 0.0713 e. The van der Waals surface area contributed by atoms with Crippen LogP contribution in [-0.4, -0.2) is 4.98 Å². The molecule has 0 atom stereocenters. The van der Waals surface area contributed by atoms with E-state index in [1.807, 2.05) is 37.3 Å². The fraction of sp³-hybridized carbons (Fsp3) is 0.105. The van der Waals surface area contributed by atoms with Gasteiger partial charge in [0.2, 0.25) is 0 Å². The Balaban J connectivity index is 2.14. The van der Waals surface area contributed by atoms with Crippen LogP contribution < -0.4 is 5.73 Å². The number of hydrogen-bond acceptors (Lipinski definition) is 2. The summed E-state index contributed by atoms with van der Waals surface area (Å²) in [6.07, 6.45) is 0. The highest BCUT2D eigenvalue weighted by atomic mass is 35.5. The van der Waals surface area contributed by atoms with Crippen molar-refractivity contribution in [1.82, 2.24) is 4.98 Å². The van der Waals surface area contributed by atoms with Gasteiger partial charge in [0.25, 0.3) is 0 Å². The van der Waals surface area contributed by atoms with Crippen LogP contribution >= 0.6 is 11.6 Å². The van der Waals surface area contributed by atoms with Crippen LogP contribution in [0, 0.1) is 13.8 Å². The SMILES string of the molecule is Cc1ccc(-c2cc(-c3ccc(Cl)cc3)c(N)c(C)n2)cc1. The maximum atomic E-state index is 6.23. The summed E-state index contributed by atoms with van der Waals surface area (Å²) in [7, 11) is 0. The van der Waals surface area contributed by atoms with E-state index in [2.05, 4.69) is 36.2 Å². The van der Waals surface area contributed by atoms with Crippen molar-refractivity contribution in [2.75, 3.05) is 5.73 Å². The molecule has 1 heterocycles. The maximum Gasteiger partial charge on any atom is 0.0713 e. The average Bonchev–Trinajstić information content (AvgIpc) is 2.52. The topological polar surface area (TPSA) is 38.9 Å². The molecule has 3 aromatic rings. The number of hydrogen-bond donors (Lipinski definition) is 1. The minimum Gasteiger partial charge on any atom is -0.397 e. The number of aromatic nitrogens is 1. The first kappa shape index (κ1) is 14.6. The number of anilines is 1. The van der Waals surface area contributed by atoms with Crippen molar-refractivity contribution in [2.24, 2.45) is 0 Å². The van der Waals surface area contributed by atoms with Gasteiger partial charge in [0.05, 0.1) is 17.1 Å². The van der Waals surface area contributed by atoms with Gasteiger partial charge in [0.1, 0.15) is 0 Å². The van der Waals surface area contributed by atoms with Crippen molar-refractivity contribution >= 4 is 17.3 Å². The monoisotopic (exact) mass is 308 g/mol. The number of halogens is 1. The number of rotatable bonds is 2. The van der Waals surface area contributed by atoms with Gasteiger partial charge in [-0.05, 0) is 37.6 Å². The summed E-state index contributed by atoms with van der Waals surface area (Å²) >= 11 is 5.97. The van der Waals surface area contributed by atoms with Gasteiger partial charge in [-0.2, -0.15) is 0 Å². The normalized spacial score (nSPS) is 10.7. The molecule has 0 unspecified atom stereocenters. The molecule has 2 nitrogen and oxygen atoms in total. The van der Waals surface area contributed by atoms with E-state index in [1.54, 1.807) is 0 Å². The Morgan fingerprint density at radius 2 is 1.45 bits per heavy atom. The fourth-order valence-electron chi connectivity index (χ4n) is 2.42. The predicted octanol–water partition coefficient (Wildman–Crippen LogP) is 5.27. The van der Waals surface area contributed by atoms with E-state index in [4.69, 9.17) is 17.3 Å². The molecule has 110 valence electrons. The molecule has 0 aliphatic carbocycles. The lowest BCUT2D eigenvalue weighted by Crippen LogP contribution is -1.98. The first-order valence-corrected chi connectivity index (χ1v) is 7.52. The van der Waals surface area contributed by atoms with E-state index < -0.39 is 0 Å². The van der Waals surface area contributed by atoms with Gasteiger partial charge in [-0.1, -0.05) is 53.6 Å². The summed E-state index contributed by atoms with van der Waals surface area (Å²) in [4.78, 5) is 4.63. The summed E-state index contributed by atoms with van der Waals surface area (Å²) in [5, 5.41) is 0.715. The van der Waals surface area contributed by atoms with Gasteiger partial charge in [-0.15, -0.1) is 0 Å². The summed E-state index contributed by atoms with van der Waals surface area (Å²) in [6, 6.07) is 18.1. The average molecular weight is 309 g/mol. The van der Waals surface area contributed by atoms with Crippen LogP contribution in [0.3, 0.4) is 0 Å². The highest BCUT2D eigenvalue weighted by Crippen LogP contribution is 2.32. The standard InChI is InChI=1S/C19H17ClN2/c1-12-3-5-15(6-4-12)18-11-17(19(21)13(2)22-18)14-7-9-16(20)10-8-14/h3-11H,21H2,1-2H3. The van der Waals surface area contributed by atoms with E-state index in [0.29, 0.717) is 10.7 Å². The van der Waals surface area contributed by atoms with E-state index in [9.17, 15) is 0 Å². The number of nitrogen functional groups attached to an aromatic ring is 1. The second kappa shape index (κ2) is 5.82. The van der Waals surface area contributed by atoms with Crippen LogP contribution in [-0.2, 0) is 0 Å². The van der Waals surface area contributed by atoms with Crippen molar-refractivity contribution in [2.45, 2.75) is 13.8 Å². The molecule has 0 radical (unpaired) electrons. The zero-order valence-corrected chi connectivity index (χ0v) is 13.4. The molecule has 3 rings (SSSR count). The Hall–Kier alpha value is -2.32. The van der Waals surface area contributed by atoms with Crippen molar-refractivity contribution in [3.05, 3.63) is 70.9 Å². The number of benzene rings is 2. The van der Waals surface area contributed by atoms with Crippen molar-refractivity contribution < 1.29 is 0 Å². The molecular formula is C19H17ClN2. The van der Waals surface area contributed by atoms with Gasteiger partial charge in [-0.3, -0.25) is 4.98 Å². The molecule has 0 spiro atoms. The zero-order chi connectivity index (χ0) is 15.7. The van der Waals surface area contributed by atoms with Gasteiger partial charge in [-0.25, -0.2) is 0 Å². The Kier molecular flexibility index (Phi) is 3.86. The summed E-state index contributed by atoms with van der Waals surface area (Å²) < 4.78 is 0. The Morgan fingerprint density at radius 1 is 0.864 bits per heavy atom. The van der Waals surface area contributed by atoms with E-state index in [1.165, 1.54) is 5.56 Å². The Bertz CT molecular complexity index is 806. The molecule has 3 heteroatoms. The molecule has 0 saturated carbocycles. The van der Waals surface area contributed by atoms with Crippen molar-refractivity contribution in [3.63, 3.8) is 0 Å². The molecule has 0 saturated heterocycles. The van der Waals surface area contributed by atoms with Crippen molar-refractivity contribution in [3.8, 4) is 22.4 Å². The largest absolute Gasteiger partial charge is 0.397 e. The van der Waals surface area contributed by atoms with Gasteiger partial charge >= 0.3 is 0 Å². The van der Waals surface area contributed by atoms with Crippen LogP contribution in [0.15, 0.2) is 54.6 Å². The third-order valence-electron chi connectivity index (χ3n) is 3.75. The number of nitrogens with two attached hydrogens (primary N) is 1. The number of pyridine rings is 1. The van der Waals surface area contributed by atoms with Crippen LogP contribution in [0.4, 0.5) is 5.69 Å². The van der Waals surface area contributed by atoms with E-state index in [-0.39, 0.29) is 0 Å². The lowest BCUT2D eigenvalue weighted by molar-refractivity contribution is 1.21. The highest BCUT2D eigenvalue weighted by Gasteiger charge is 2.10. The molecular weight excluding hydrogens is 292 g/mol. The van der Waals surface area contributed by atoms with Gasteiger partial charge in [0.15, 0.2) is 0 Å². The summed E-state index contributed by atoms with van der Waals surface area (Å²) in [6.45, 7) is 4.01. The molecule has 2 N–H and O–H groups in total. The van der Waals surface area contributed by atoms with Gasteiger partial charge < -0.3 is 5.73 Å². The summed E-state index contributed by atoms with van der Waals surface area (Å²) in [5.74, 6) is 0. The number of aryl methyl sites for hydroxylation is 2. The van der Waals surface area contributed by atoms with Crippen LogP contribution in [0.25, 0.3) is 22.4 Å². The Morgan fingerprint density at radius 3 is 2.09 bits per heavy atom. The van der Waals surface area contributed by atoms with Crippen LogP contribution in [0.1, 0.15) is 11.3 Å². The molecule has 0 bridgehead atoms. The van der Waals surface area contributed by atoms with Crippen LogP contribution in [0.2, 0.25) is 5.02 Å². The summed E-state index contributed by atoms with van der Waals surface area (Å²) in [5.41, 5.74) is 13.0. The third kappa shape index (κ3) is 2.83. The zero-order valence-electron chi connectivity index (χ0n) is 12.6. The van der Waals surface area contributed by atoms with Gasteiger partial charge in [0, 0.05) is 16.1 Å². The van der Waals surface area contributed by atoms with Crippen LogP contribution in [0.5, 0.6) is 0 Å². The fourth-order valence-corrected chi connectivity index (χ4v) is 2.55. The molecule has 0 aliphatic heterocycles. The molecule has 1 aromatic heterocycles. The molecule has 0 amide bonds. The minimum atomic E-state index is 0.707. The van der Waals surface area contributed by atoms with Crippen molar-refractivity contribution in [1.29, 1.82) is 0 Å². The lowest BCUT2D eigenvalue weighted by atomic mass is 10.00. The highest BCUT2D eigenvalue weighted by molar-refractivity contribution is 6.30. The first-order valence-electron chi connectivity index (χ1n) is 7.14. The predicted molar refractivity (Wildman–Crippen MR) is 94.0 cm³/mol. The maximum absolute atomic E-state index is 6.23. The molecule has 2 aromatic carbocycles. The number of nitrogens with zero attached hydrogens (tertiary/aromatic N) is 1. The second-order valence-corrected chi connectivity index (χ2v) is 5.86. The second-order valence-electron chi connectivity index (χ2n) is 5.43. The van der Waals surface area contributed by atoms with E-state index >= 15 is 0 Å². The third-order valence-corrected chi connectivity index (χ3v) is 4.00. The molecule has 0 fully saturated rings. The first-order chi connectivity index (χ1) is 10.5. The quantitative estimate of drug-likeness (QED) is 0.700. The minimum absolute atomic E-state index is 0.707. The molecule has 22 heavy (non-hydrogen) atoms. The Labute approximate surface area is 135 Å². The molecule has 0 aliphatic rings.